The Bertz CT molecular complexity index is 595. The van der Waals surface area contributed by atoms with Crippen LogP contribution >= 0.6 is 0 Å². The van der Waals surface area contributed by atoms with Crippen LogP contribution < -0.4 is 4.90 Å². The normalized spacial score (nSPS) is 48.5. The first-order chi connectivity index (χ1) is 9.97. The minimum absolute atomic E-state index is 0.112. The number of fused-ring (bicyclic) bond motifs is 1. The molecule has 0 aliphatic carbocycles. The molecular formula is C15H17NO5. The van der Waals surface area contributed by atoms with Crippen molar-refractivity contribution in [3.63, 3.8) is 0 Å². The van der Waals surface area contributed by atoms with Crippen molar-refractivity contribution in [1.29, 1.82) is 0 Å². The predicted molar refractivity (Wildman–Crippen MR) is 71.3 cm³/mol. The first-order valence-corrected chi connectivity index (χ1v) is 7.17. The Labute approximate surface area is 122 Å². The van der Waals surface area contributed by atoms with E-state index in [-0.39, 0.29) is 18.1 Å². The van der Waals surface area contributed by atoms with E-state index in [1.165, 1.54) is 0 Å². The SMILES string of the molecule is CC1(N(c2ccc(C34OC3(CO)O4)cc2)C2(C)CO2)CO1. The average Bonchev–Trinajstić information content (AvgIpc) is 3.25. The van der Waals surface area contributed by atoms with Gasteiger partial charge in [-0.05, 0) is 26.0 Å². The minimum Gasteiger partial charge on any atom is -0.391 e. The van der Waals surface area contributed by atoms with Gasteiger partial charge in [0.15, 0.2) is 11.4 Å². The van der Waals surface area contributed by atoms with Gasteiger partial charge in [-0.1, -0.05) is 12.1 Å². The van der Waals surface area contributed by atoms with Gasteiger partial charge < -0.3 is 29.0 Å². The number of epoxide rings is 4. The third-order valence-corrected chi connectivity index (χ3v) is 4.82. The number of hydrogen-bond acceptors (Lipinski definition) is 6. The molecule has 112 valence electrons. The molecule has 0 spiro atoms. The van der Waals surface area contributed by atoms with Gasteiger partial charge in [-0.25, -0.2) is 0 Å². The van der Waals surface area contributed by atoms with Gasteiger partial charge in [-0.2, -0.15) is 0 Å². The van der Waals surface area contributed by atoms with Crippen molar-refractivity contribution in [3.05, 3.63) is 29.8 Å². The molecule has 2 atom stereocenters. The van der Waals surface area contributed by atoms with Crippen molar-refractivity contribution in [2.24, 2.45) is 0 Å². The Morgan fingerprint density at radius 2 is 1.57 bits per heavy atom. The van der Waals surface area contributed by atoms with Gasteiger partial charge in [-0.15, -0.1) is 0 Å². The summed E-state index contributed by atoms with van der Waals surface area (Å²) in [7, 11) is 0. The van der Waals surface area contributed by atoms with E-state index >= 15 is 0 Å². The van der Waals surface area contributed by atoms with Crippen molar-refractivity contribution in [3.8, 4) is 0 Å². The zero-order valence-corrected chi connectivity index (χ0v) is 12.0. The largest absolute Gasteiger partial charge is 0.391 e. The second-order valence-corrected chi connectivity index (χ2v) is 6.54. The topological polar surface area (TPSA) is 73.6 Å². The second-order valence-electron chi connectivity index (χ2n) is 6.54. The van der Waals surface area contributed by atoms with Crippen LogP contribution in [0.4, 0.5) is 5.69 Å². The first kappa shape index (κ1) is 12.4. The van der Waals surface area contributed by atoms with Crippen LogP contribution in [0.1, 0.15) is 19.4 Å². The van der Waals surface area contributed by atoms with Crippen LogP contribution in [0.2, 0.25) is 0 Å². The maximum absolute atomic E-state index is 9.21. The third kappa shape index (κ3) is 1.44. The fourth-order valence-corrected chi connectivity index (χ4v) is 3.27. The Kier molecular flexibility index (Phi) is 1.92. The third-order valence-electron chi connectivity index (χ3n) is 4.82. The van der Waals surface area contributed by atoms with Crippen molar-refractivity contribution in [2.75, 3.05) is 24.7 Å². The molecule has 0 radical (unpaired) electrons. The van der Waals surface area contributed by atoms with Gasteiger partial charge in [0.05, 0.1) is 13.2 Å². The summed E-state index contributed by atoms with van der Waals surface area (Å²) in [5.41, 5.74) is 1.41. The van der Waals surface area contributed by atoms with E-state index in [9.17, 15) is 5.11 Å². The standard InChI is InChI=1S/C15H17NO5/c1-12(8-18-12)16(13(2)9-19-13)11-5-3-10(4-6-11)15-14(7-17,20-15)21-15/h3-6,17H,7-9H2,1-2H3. The smallest absolute Gasteiger partial charge is 0.259 e. The number of aliphatic hydroxyl groups excluding tert-OH is 1. The van der Waals surface area contributed by atoms with Gasteiger partial charge in [0.25, 0.3) is 11.6 Å². The van der Waals surface area contributed by atoms with E-state index < -0.39 is 11.6 Å². The summed E-state index contributed by atoms with van der Waals surface area (Å²) < 4.78 is 22.1. The van der Waals surface area contributed by atoms with Gasteiger partial charge in [0, 0.05) is 11.3 Å². The fraction of sp³-hybridized carbons (Fsp3) is 0.600. The molecule has 0 amide bonds. The highest BCUT2D eigenvalue weighted by atomic mass is 17.1. The highest BCUT2D eigenvalue weighted by molar-refractivity contribution is 5.55. The van der Waals surface area contributed by atoms with Gasteiger partial charge in [-0.3, -0.25) is 0 Å². The first-order valence-electron chi connectivity index (χ1n) is 7.17. The lowest BCUT2D eigenvalue weighted by Gasteiger charge is -2.32. The van der Waals surface area contributed by atoms with Crippen molar-refractivity contribution in [2.45, 2.75) is 36.9 Å². The summed E-state index contributed by atoms with van der Waals surface area (Å²) in [6.07, 6.45) is 0. The van der Waals surface area contributed by atoms with Crippen LogP contribution in [0.15, 0.2) is 24.3 Å². The number of benzene rings is 1. The summed E-state index contributed by atoms with van der Waals surface area (Å²) in [6.45, 7) is 5.43. The Balaban J connectivity index is 1.45. The van der Waals surface area contributed by atoms with E-state index in [4.69, 9.17) is 18.9 Å². The summed E-state index contributed by atoms with van der Waals surface area (Å²) in [5, 5.41) is 9.21. The number of anilines is 1. The summed E-state index contributed by atoms with van der Waals surface area (Å²) in [6, 6.07) is 8.00. The minimum atomic E-state index is -0.772. The highest BCUT2D eigenvalue weighted by Crippen LogP contribution is 2.73. The quantitative estimate of drug-likeness (QED) is 0.812. The lowest BCUT2D eigenvalue weighted by atomic mass is 10.1. The van der Waals surface area contributed by atoms with E-state index in [2.05, 4.69) is 18.7 Å². The average molecular weight is 291 g/mol. The van der Waals surface area contributed by atoms with Crippen LogP contribution in [0.3, 0.4) is 0 Å². The number of hydrogen-bond donors (Lipinski definition) is 1. The Hall–Kier alpha value is -1.18. The number of nitrogens with zero attached hydrogens (tertiary/aromatic N) is 1. The number of rotatable bonds is 5. The molecule has 2 unspecified atom stereocenters. The zero-order chi connectivity index (χ0) is 14.5. The molecular weight excluding hydrogens is 274 g/mol. The molecule has 4 aliphatic rings. The van der Waals surface area contributed by atoms with Gasteiger partial charge in [0.1, 0.15) is 6.61 Å². The molecule has 0 bridgehead atoms. The number of aliphatic hydroxyl groups is 1. The molecule has 5 rings (SSSR count). The Morgan fingerprint density at radius 3 is 1.95 bits per heavy atom. The number of ether oxygens (including phenoxy) is 4. The molecule has 21 heavy (non-hydrogen) atoms. The maximum Gasteiger partial charge on any atom is 0.259 e. The molecule has 4 fully saturated rings. The summed E-state index contributed by atoms with van der Waals surface area (Å²) >= 11 is 0. The lowest BCUT2D eigenvalue weighted by Crippen LogP contribution is -2.46. The van der Waals surface area contributed by atoms with E-state index in [0.717, 1.165) is 11.3 Å². The monoisotopic (exact) mass is 291 g/mol. The van der Waals surface area contributed by atoms with Crippen LogP contribution in [-0.4, -0.2) is 42.2 Å². The van der Waals surface area contributed by atoms with Crippen LogP contribution in [-0.2, 0) is 24.7 Å². The van der Waals surface area contributed by atoms with E-state index in [0.29, 0.717) is 13.2 Å². The molecule has 1 aromatic carbocycles. The lowest BCUT2D eigenvalue weighted by molar-refractivity contribution is -0.114. The molecule has 1 N–H and O–H groups in total. The highest BCUT2D eigenvalue weighted by Gasteiger charge is 2.91. The van der Waals surface area contributed by atoms with E-state index in [1.807, 2.05) is 24.3 Å². The molecule has 0 saturated carbocycles. The zero-order valence-electron chi connectivity index (χ0n) is 12.0. The molecule has 4 heterocycles. The summed E-state index contributed by atoms with van der Waals surface area (Å²) in [5.74, 6) is -1.48. The molecule has 6 heteroatoms. The van der Waals surface area contributed by atoms with Gasteiger partial charge in [0.2, 0.25) is 0 Å². The van der Waals surface area contributed by atoms with Crippen LogP contribution in [0, 0.1) is 0 Å². The maximum atomic E-state index is 9.21. The molecule has 4 saturated heterocycles. The Morgan fingerprint density at radius 1 is 1.05 bits per heavy atom. The molecule has 4 aliphatic heterocycles. The predicted octanol–water partition coefficient (Wildman–Crippen LogP) is 0.888. The van der Waals surface area contributed by atoms with Crippen molar-refractivity contribution >= 4 is 5.69 Å². The second kappa shape index (κ2) is 3.26. The van der Waals surface area contributed by atoms with E-state index in [1.54, 1.807) is 0 Å². The molecule has 1 aromatic rings. The van der Waals surface area contributed by atoms with Crippen LogP contribution in [0.25, 0.3) is 0 Å². The van der Waals surface area contributed by atoms with Crippen LogP contribution in [0.5, 0.6) is 0 Å². The van der Waals surface area contributed by atoms with Gasteiger partial charge >= 0.3 is 0 Å². The van der Waals surface area contributed by atoms with Crippen molar-refractivity contribution in [1.82, 2.24) is 0 Å². The molecule has 0 aromatic heterocycles. The van der Waals surface area contributed by atoms with Crippen molar-refractivity contribution < 1.29 is 24.1 Å². The summed E-state index contributed by atoms with van der Waals surface area (Å²) in [4.78, 5) is 2.18. The molecule has 6 nitrogen and oxygen atoms in total. The fourth-order valence-electron chi connectivity index (χ4n) is 3.27.